The molecule has 0 N–H and O–H groups in total. The maximum atomic E-state index is 3.27. The Morgan fingerprint density at radius 3 is 2.79 bits per heavy atom. The normalized spacial score (nSPS) is 10.9. The predicted octanol–water partition coefficient (Wildman–Crippen LogP) is 3.59. The van der Waals surface area contributed by atoms with E-state index in [2.05, 4.69) is 36.4 Å². The quantitative estimate of drug-likeness (QED) is 0.459. The van der Waals surface area contributed by atoms with Crippen molar-refractivity contribution >= 4 is 21.5 Å². The van der Waals surface area contributed by atoms with Crippen LogP contribution in [0.1, 0.15) is 0 Å². The van der Waals surface area contributed by atoms with Gasteiger partial charge in [0.05, 0.1) is 0 Å². The fourth-order valence-electron chi connectivity index (χ4n) is 1.81. The van der Waals surface area contributed by atoms with E-state index in [0.717, 1.165) is 0 Å². The minimum Gasteiger partial charge on any atom is -0.0610 e. The third-order valence-electron chi connectivity index (χ3n) is 2.50. The van der Waals surface area contributed by atoms with Crippen molar-refractivity contribution in [1.82, 2.24) is 0 Å². The summed E-state index contributed by atoms with van der Waals surface area (Å²) in [6, 6.07) is 22.8. The highest BCUT2D eigenvalue weighted by atomic mass is 14.0. The van der Waals surface area contributed by atoms with Gasteiger partial charge >= 0.3 is 0 Å². The van der Waals surface area contributed by atoms with Gasteiger partial charge in [0.2, 0.25) is 0 Å². The molecule has 0 aromatic heterocycles. The first kappa shape index (κ1) is 7.57. The van der Waals surface area contributed by atoms with E-state index in [1.807, 2.05) is 24.3 Å². The molecule has 3 aromatic carbocycles. The molecule has 3 aromatic rings. The molecule has 0 spiro atoms. The van der Waals surface area contributed by atoms with Gasteiger partial charge in [-0.3, -0.25) is 0 Å². The maximum Gasteiger partial charge on any atom is -0.00264 e. The highest BCUT2D eigenvalue weighted by Crippen LogP contribution is 2.23. The number of benzene rings is 3. The summed E-state index contributed by atoms with van der Waals surface area (Å²) in [7, 11) is 0. The molecule has 0 fully saturated rings. The van der Waals surface area contributed by atoms with Crippen molar-refractivity contribution in [3.63, 3.8) is 0 Å². The predicted molar refractivity (Wildman–Crippen MR) is 59.1 cm³/mol. The van der Waals surface area contributed by atoms with Crippen LogP contribution in [-0.2, 0) is 0 Å². The van der Waals surface area contributed by atoms with Crippen molar-refractivity contribution < 1.29 is 0 Å². The first-order chi connectivity index (χ1) is 6.95. The molecule has 0 bridgehead atoms. The van der Waals surface area contributed by atoms with E-state index in [1.165, 1.54) is 21.5 Å². The maximum absolute atomic E-state index is 3.27. The van der Waals surface area contributed by atoms with E-state index < -0.39 is 0 Å². The summed E-state index contributed by atoms with van der Waals surface area (Å²) in [5.41, 5.74) is 0. The minimum atomic E-state index is 1.18. The van der Waals surface area contributed by atoms with Gasteiger partial charge in [-0.1, -0.05) is 42.5 Å². The molecule has 0 saturated heterocycles. The smallest absolute Gasteiger partial charge is 0.00264 e. The standard InChI is InChI=1S/C14H8/c1-3-7-13-11(5-1)9-10-12-6-2-4-8-14(12)13/h1-3,5-6,8-10H. The van der Waals surface area contributed by atoms with Gasteiger partial charge in [-0.25, -0.2) is 0 Å². The summed E-state index contributed by atoms with van der Waals surface area (Å²) < 4.78 is 0. The van der Waals surface area contributed by atoms with Crippen LogP contribution in [-0.4, -0.2) is 0 Å². The lowest BCUT2D eigenvalue weighted by Gasteiger charge is -2.01. The van der Waals surface area contributed by atoms with E-state index in [1.54, 1.807) is 0 Å². The molecular weight excluding hydrogens is 168 g/mol. The van der Waals surface area contributed by atoms with Crippen LogP contribution in [0.4, 0.5) is 0 Å². The molecular formula is C14H8. The Morgan fingerprint density at radius 1 is 0.857 bits per heavy atom. The molecule has 0 amide bonds. The van der Waals surface area contributed by atoms with Crippen LogP contribution in [0.2, 0.25) is 0 Å². The molecule has 0 aliphatic heterocycles. The molecule has 14 heavy (non-hydrogen) atoms. The van der Waals surface area contributed by atoms with Gasteiger partial charge in [-0.05, 0) is 39.7 Å². The molecule has 0 heteroatoms. The molecule has 0 aliphatic carbocycles. The Bertz CT molecular complexity index is 539. The molecule has 3 rings (SSSR count). The van der Waals surface area contributed by atoms with Gasteiger partial charge in [0.25, 0.3) is 0 Å². The topological polar surface area (TPSA) is 0 Å². The third kappa shape index (κ3) is 1.01. The van der Waals surface area contributed by atoms with Crippen LogP contribution in [0.25, 0.3) is 21.5 Å². The molecule has 0 unspecified atom stereocenters. The molecule has 0 atom stereocenters. The van der Waals surface area contributed by atoms with Crippen molar-refractivity contribution in [2.24, 2.45) is 0 Å². The van der Waals surface area contributed by atoms with E-state index in [0.29, 0.717) is 0 Å². The summed E-state index contributed by atoms with van der Waals surface area (Å²) in [5.74, 6) is 0. The van der Waals surface area contributed by atoms with Gasteiger partial charge < -0.3 is 0 Å². The Morgan fingerprint density at radius 2 is 1.79 bits per heavy atom. The Kier molecular flexibility index (Phi) is 1.54. The highest BCUT2D eigenvalue weighted by molar-refractivity contribution is 6.06. The lowest BCUT2D eigenvalue weighted by molar-refractivity contribution is 1.75. The Hall–Kier alpha value is -1.82. The molecule has 0 nitrogen and oxygen atoms in total. The number of hydrogen-bond donors (Lipinski definition) is 0. The van der Waals surface area contributed by atoms with Crippen LogP contribution >= 0.6 is 0 Å². The van der Waals surface area contributed by atoms with Gasteiger partial charge in [-0.2, -0.15) is 0 Å². The average molecular weight is 176 g/mol. The molecule has 0 saturated carbocycles. The zero-order valence-electron chi connectivity index (χ0n) is 7.62. The summed E-state index contributed by atoms with van der Waals surface area (Å²) >= 11 is 0. The van der Waals surface area contributed by atoms with E-state index in [4.69, 9.17) is 0 Å². The summed E-state index contributed by atoms with van der Waals surface area (Å²) in [6.45, 7) is 0. The third-order valence-corrected chi connectivity index (χ3v) is 2.50. The van der Waals surface area contributed by atoms with Crippen LogP contribution < -0.4 is 0 Å². The van der Waals surface area contributed by atoms with Crippen molar-refractivity contribution in [2.45, 2.75) is 0 Å². The van der Waals surface area contributed by atoms with E-state index in [9.17, 15) is 0 Å². The monoisotopic (exact) mass is 176 g/mol. The zero-order chi connectivity index (χ0) is 9.38. The second-order valence-corrected chi connectivity index (χ2v) is 3.35. The van der Waals surface area contributed by atoms with Crippen LogP contribution in [0.5, 0.6) is 0 Å². The first-order valence-electron chi connectivity index (χ1n) is 4.64. The summed E-state index contributed by atoms with van der Waals surface area (Å²) in [5, 5.41) is 4.89. The van der Waals surface area contributed by atoms with E-state index >= 15 is 0 Å². The number of hydrogen-bond acceptors (Lipinski definition) is 0. The van der Waals surface area contributed by atoms with Crippen LogP contribution in [0.3, 0.4) is 0 Å². The van der Waals surface area contributed by atoms with Gasteiger partial charge in [-0.15, -0.1) is 0 Å². The average Bonchev–Trinajstić information content (AvgIpc) is 2.29. The minimum absolute atomic E-state index is 1.18. The van der Waals surface area contributed by atoms with Gasteiger partial charge in [0.1, 0.15) is 0 Å². The van der Waals surface area contributed by atoms with Crippen molar-refractivity contribution in [2.75, 3.05) is 0 Å². The highest BCUT2D eigenvalue weighted by Gasteiger charge is 1.97. The van der Waals surface area contributed by atoms with Crippen molar-refractivity contribution in [3.05, 3.63) is 60.7 Å². The van der Waals surface area contributed by atoms with Crippen LogP contribution in [0.15, 0.2) is 48.5 Å². The molecule has 0 aliphatic rings. The Labute approximate surface area is 82.8 Å². The largest absolute Gasteiger partial charge is 0.0610 e. The SMILES string of the molecule is [c]1ccc2ccc3ccc[c]c3c2c1. The fraction of sp³-hybridized carbons (Fsp3) is 0. The number of fused-ring (bicyclic) bond motifs is 3. The van der Waals surface area contributed by atoms with Gasteiger partial charge in [0, 0.05) is 0 Å². The van der Waals surface area contributed by atoms with Crippen LogP contribution in [0, 0.1) is 12.1 Å². The van der Waals surface area contributed by atoms with Gasteiger partial charge in [0.15, 0.2) is 0 Å². The second-order valence-electron chi connectivity index (χ2n) is 3.35. The Balaban J connectivity index is 2.61. The fourth-order valence-corrected chi connectivity index (χ4v) is 1.81. The number of rotatable bonds is 0. The lowest BCUT2D eigenvalue weighted by Crippen LogP contribution is -1.76. The molecule has 64 valence electrons. The second kappa shape index (κ2) is 2.85. The summed E-state index contributed by atoms with van der Waals surface area (Å²) in [4.78, 5) is 0. The molecule has 0 heterocycles. The zero-order valence-corrected chi connectivity index (χ0v) is 7.62. The summed E-state index contributed by atoms with van der Waals surface area (Å²) in [6.07, 6.45) is 0. The first-order valence-corrected chi connectivity index (χ1v) is 4.64. The van der Waals surface area contributed by atoms with E-state index in [-0.39, 0.29) is 0 Å². The lowest BCUT2D eigenvalue weighted by atomic mass is 10.0. The molecule has 2 radical (unpaired) electrons. The van der Waals surface area contributed by atoms with Crippen molar-refractivity contribution in [1.29, 1.82) is 0 Å². The van der Waals surface area contributed by atoms with Crippen molar-refractivity contribution in [3.8, 4) is 0 Å².